The molecule has 0 aliphatic heterocycles. The minimum atomic E-state index is -3.49. The zero-order valence-electron chi connectivity index (χ0n) is 13.2. The Balaban J connectivity index is 1.92. The van der Waals surface area contributed by atoms with Gasteiger partial charge in [0.1, 0.15) is 5.76 Å². The van der Waals surface area contributed by atoms with E-state index in [0.29, 0.717) is 12.3 Å². The lowest BCUT2D eigenvalue weighted by Crippen LogP contribution is -2.56. The average molecular weight is 315 g/mol. The molecule has 21 heavy (non-hydrogen) atoms. The van der Waals surface area contributed by atoms with E-state index < -0.39 is 10.0 Å². The largest absolute Gasteiger partial charge is 0.447 e. The molecule has 6 nitrogen and oxygen atoms in total. The molecule has 1 aliphatic rings. The molecule has 0 radical (unpaired) electrons. The topological polar surface area (TPSA) is 65.8 Å². The van der Waals surface area contributed by atoms with Crippen LogP contribution in [0.1, 0.15) is 25.0 Å². The predicted molar refractivity (Wildman–Crippen MR) is 81.6 cm³/mol. The van der Waals surface area contributed by atoms with Crippen LogP contribution in [0.4, 0.5) is 0 Å². The summed E-state index contributed by atoms with van der Waals surface area (Å²) in [6.45, 7) is 1.43. The maximum atomic E-state index is 11.9. The molecule has 0 saturated heterocycles. The number of nitrogens with one attached hydrogen (secondary N) is 1. The second-order valence-electron chi connectivity index (χ2n) is 6.08. The van der Waals surface area contributed by atoms with Crippen molar-refractivity contribution in [2.45, 2.75) is 36.4 Å². The number of nitrogens with zero attached hydrogens (tertiary/aromatic N) is 2. The minimum absolute atomic E-state index is 0.00438. The predicted octanol–water partition coefficient (Wildman–Crippen LogP) is 1.10. The molecule has 0 bridgehead atoms. The number of hydrogen-bond acceptors (Lipinski definition) is 5. The third-order valence-corrected chi connectivity index (χ3v) is 6.05. The molecule has 0 unspecified atom stereocenters. The molecule has 120 valence electrons. The molecule has 1 aromatic heterocycles. The van der Waals surface area contributed by atoms with Crippen molar-refractivity contribution in [2.75, 3.05) is 34.7 Å². The Bertz CT molecular complexity index is 574. The number of likely N-dealkylation sites (N-methyl/N-ethyl adjacent to an activating group) is 1. The molecule has 0 atom stereocenters. The van der Waals surface area contributed by atoms with E-state index >= 15 is 0 Å². The lowest BCUT2D eigenvalue weighted by atomic mass is 9.75. The number of sulfonamides is 1. The summed E-state index contributed by atoms with van der Waals surface area (Å²) in [7, 11) is 3.71. The molecule has 1 aromatic rings. The molecule has 0 amide bonds. The summed E-state index contributed by atoms with van der Waals surface area (Å²) in [5, 5.41) is 3.37. The van der Waals surface area contributed by atoms with Crippen molar-refractivity contribution in [1.29, 1.82) is 0 Å². The molecule has 0 aromatic carbocycles. The van der Waals surface area contributed by atoms with Gasteiger partial charge in [-0.05, 0) is 45.5 Å². The van der Waals surface area contributed by atoms with E-state index in [0.717, 1.165) is 10.8 Å². The second-order valence-corrected chi connectivity index (χ2v) is 8.17. The van der Waals surface area contributed by atoms with Crippen molar-refractivity contribution < 1.29 is 12.8 Å². The highest BCUT2D eigenvalue weighted by atomic mass is 32.2. The van der Waals surface area contributed by atoms with E-state index in [1.54, 1.807) is 6.07 Å². The first-order chi connectivity index (χ1) is 9.78. The summed E-state index contributed by atoms with van der Waals surface area (Å²) in [6, 6.07) is 3.23. The van der Waals surface area contributed by atoms with Gasteiger partial charge in [0, 0.05) is 26.2 Å². The van der Waals surface area contributed by atoms with Gasteiger partial charge in [-0.25, -0.2) is 12.7 Å². The molecule has 0 spiro atoms. The Kier molecular flexibility index (Phi) is 4.77. The van der Waals surface area contributed by atoms with Crippen LogP contribution in [-0.4, -0.2) is 57.9 Å². The molecule has 1 N–H and O–H groups in total. The standard InChI is InChI=1S/C14H25N3O3S/c1-16(2)14(8-5-9-14)11-15-10-12-6-7-13(20-12)21(18,19)17(3)4/h6-7,15H,5,8-11H2,1-4H3. The average Bonchev–Trinajstić information content (AvgIpc) is 2.81. The maximum absolute atomic E-state index is 11.9. The summed E-state index contributed by atoms with van der Waals surface area (Å²) < 4.78 is 30.4. The molecule has 2 rings (SSSR count). The fraction of sp³-hybridized carbons (Fsp3) is 0.714. The van der Waals surface area contributed by atoms with Crippen molar-refractivity contribution in [3.63, 3.8) is 0 Å². The van der Waals surface area contributed by atoms with E-state index in [1.165, 1.54) is 39.4 Å². The normalized spacial score (nSPS) is 18.2. The van der Waals surface area contributed by atoms with Crippen LogP contribution in [0.25, 0.3) is 0 Å². The Morgan fingerprint density at radius 2 is 1.90 bits per heavy atom. The van der Waals surface area contributed by atoms with Gasteiger partial charge < -0.3 is 14.6 Å². The summed E-state index contributed by atoms with van der Waals surface area (Å²) in [6.07, 6.45) is 3.67. The van der Waals surface area contributed by atoms with E-state index in [-0.39, 0.29) is 10.6 Å². The Labute approximate surface area is 127 Å². The van der Waals surface area contributed by atoms with Gasteiger partial charge in [-0.15, -0.1) is 0 Å². The Morgan fingerprint density at radius 1 is 1.24 bits per heavy atom. The molecule has 1 heterocycles. The van der Waals surface area contributed by atoms with Crippen molar-refractivity contribution in [3.8, 4) is 0 Å². The Hall–Kier alpha value is -0.890. The van der Waals surface area contributed by atoms with Gasteiger partial charge in [-0.2, -0.15) is 0 Å². The summed E-state index contributed by atoms with van der Waals surface area (Å²) in [5.41, 5.74) is 0.241. The van der Waals surface area contributed by atoms with Crippen LogP contribution in [0, 0.1) is 0 Å². The second kappa shape index (κ2) is 6.08. The number of furan rings is 1. The smallest absolute Gasteiger partial charge is 0.275 e. The van der Waals surface area contributed by atoms with Gasteiger partial charge in [0.15, 0.2) is 0 Å². The summed E-state index contributed by atoms with van der Waals surface area (Å²) in [4.78, 5) is 2.27. The fourth-order valence-corrected chi connectivity index (χ4v) is 3.37. The van der Waals surface area contributed by atoms with Gasteiger partial charge >= 0.3 is 0 Å². The first kappa shape index (κ1) is 16.5. The molecule has 1 saturated carbocycles. The van der Waals surface area contributed by atoms with Crippen molar-refractivity contribution in [3.05, 3.63) is 17.9 Å². The number of rotatable bonds is 7. The zero-order chi connectivity index (χ0) is 15.7. The van der Waals surface area contributed by atoms with Crippen LogP contribution in [0.3, 0.4) is 0 Å². The van der Waals surface area contributed by atoms with Crippen LogP contribution in [0.5, 0.6) is 0 Å². The van der Waals surface area contributed by atoms with Crippen molar-refractivity contribution >= 4 is 10.0 Å². The van der Waals surface area contributed by atoms with E-state index in [1.807, 2.05) is 0 Å². The maximum Gasteiger partial charge on any atom is 0.275 e. The molecule has 7 heteroatoms. The fourth-order valence-electron chi connectivity index (χ4n) is 2.56. The molecule has 1 aliphatic carbocycles. The van der Waals surface area contributed by atoms with E-state index in [4.69, 9.17) is 4.42 Å². The lowest BCUT2D eigenvalue weighted by Gasteiger charge is -2.47. The van der Waals surface area contributed by atoms with Gasteiger partial charge in [-0.3, -0.25) is 0 Å². The summed E-state index contributed by atoms with van der Waals surface area (Å²) >= 11 is 0. The lowest BCUT2D eigenvalue weighted by molar-refractivity contribution is 0.0593. The molecule has 1 fully saturated rings. The van der Waals surface area contributed by atoms with Gasteiger partial charge in [0.2, 0.25) is 5.09 Å². The third-order valence-electron chi connectivity index (χ3n) is 4.36. The van der Waals surface area contributed by atoms with Gasteiger partial charge in [-0.1, -0.05) is 0 Å². The summed E-state index contributed by atoms with van der Waals surface area (Å²) in [5.74, 6) is 0.642. The minimum Gasteiger partial charge on any atom is -0.447 e. The highest BCUT2D eigenvalue weighted by molar-refractivity contribution is 7.88. The van der Waals surface area contributed by atoms with Crippen LogP contribution >= 0.6 is 0 Å². The molecular weight excluding hydrogens is 290 g/mol. The highest BCUT2D eigenvalue weighted by Crippen LogP contribution is 2.35. The number of hydrogen-bond donors (Lipinski definition) is 1. The van der Waals surface area contributed by atoms with Crippen LogP contribution in [-0.2, 0) is 16.6 Å². The van der Waals surface area contributed by atoms with Crippen LogP contribution < -0.4 is 5.32 Å². The van der Waals surface area contributed by atoms with Gasteiger partial charge in [0.05, 0.1) is 6.54 Å². The zero-order valence-corrected chi connectivity index (χ0v) is 14.0. The van der Waals surface area contributed by atoms with Gasteiger partial charge in [0.25, 0.3) is 10.0 Å². The highest BCUT2D eigenvalue weighted by Gasteiger charge is 2.38. The monoisotopic (exact) mass is 315 g/mol. The van der Waals surface area contributed by atoms with E-state index in [2.05, 4.69) is 24.3 Å². The third kappa shape index (κ3) is 3.31. The first-order valence-corrected chi connectivity index (χ1v) is 8.61. The van der Waals surface area contributed by atoms with Crippen molar-refractivity contribution in [1.82, 2.24) is 14.5 Å². The van der Waals surface area contributed by atoms with Crippen LogP contribution in [0.2, 0.25) is 0 Å². The SMILES string of the molecule is CN(C)C1(CNCc2ccc(S(=O)(=O)N(C)C)o2)CCC1. The first-order valence-electron chi connectivity index (χ1n) is 7.17. The Morgan fingerprint density at radius 3 is 2.38 bits per heavy atom. The quantitative estimate of drug-likeness (QED) is 0.816. The van der Waals surface area contributed by atoms with E-state index in [9.17, 15) is 8.42 Å². The van der Waals surface area contributed by atoms with Crippen molar-refractivity contribution in [2.24, 2.45) is 0 Å². The molecular formula is C14H25N3O3S. The van der Waals surface area contributed by atoms with Crippen LogP contribution in [0.15, 0.2) is 21.6 Å².